The Hall–Kier alpha value is -1.66. The second kappa shape index (κ2) is 6.93. The zero-order valence-electron chi connectivity index (χ0n) is 9.92. The van der Waals surface area contributed by atoms with Crippen LogP contribution in [0.3, 0.4) is 0 Å². The van der Waals surface area contributed by atoms with Gasteiger partial charge in [-0.3, -0.25) is 4.79 Å². The van der Waals surface area contributed by atoms with Gasteiger partial charge in [-0.2, -0.15) is 0 Å². The molecule has 3 N–H and O–H groups in total. The number of amides is 1. The summed E-state index contributed by atoms with van der Waals surface area (Å²) in [5.74, 6) is -1.64. The Morgan fingerprint density at radius 2 is 2.22 bits per heavy atom. The Bertz CT molecular complexity index is 453. The minimum atomic E-state index is -1.15. The van der Waals surface area contributed by atoms with Crippen molar-refractivity contribution in [1.29, 1.82) is 0 Å². The average molecular weight is 269 g/mol. The third kappa shape index (κ3) is 4.68. The highest BCUT2D eigenvalue weighted by atomic mass is 32.1. The van der Waals surface area contributed by atoms with E-state index in [1.165, 1.54) is 6.08 Å². The molecule has 1 unspecified atom stereocenters. The van der Waals surface area contributed by atoms with Crippen LogP contribution in [0, 0.1) is 6.92 Å². The van der Waals surface area contributed by atoms with Gasteiger partial charge in [0.15, 0.2) is 0 Å². The van der Waals surface area contributed by atoms with Crippen LogP contribution in [-0.2, 0) is 9.59 Å². The van der Waals surface area contributed by atoms with Crippen molar-refractivity contribution in [1.82, 2.24) is 5.32 Å². The molecule has 0 aliphatic heterocycles. The fourth-order valence-electron chi connectivity index (χ4n) is 1.31. The molecule has 0 aromatic carbocycles. The minimum absolute atomic E-state index is 0.00692. The van der Waals surface area contributed by atoms with Gasteiger partial charge in [0, 0.05) is 28.9 Å². The number of carboxylic acids is 1. The molecule has 6 heteroatoms. The van der Waals surface area contributed by atoms with Gasteiger partial charge in [0.1, 0.15) is 6.04 Å². The van der Waals surface area contributed by atoms with E-state index >= 15 is 0 Å². The molecule has 1 amide bonds. The van der Waals surface area contributed by atoms with Gasteiger partial charge in [0.05, 0.1) is 0 Å². The van der Waals surface area contributed by atoms with Crippen molar-refractivity contribution >= 4 is 29.3 Å². The van der Waals surface area contributed by atoms with Gasteiger partial charge in [0.25, 0.3) is 0 Å². The summed E-state index contributed by atoms with van der Waals surface area (Å²) in [6.45, 7) is 1.68. The molecule has 0 aliphatic rings. The molecular formula is C12H15NO4S. The number of aryl methyl sites for hydroxylation is 1. The van der Waals surface area contributed by atoms with Gasteiger partial charge in [-0.05, 0) is 25.1 Å². The number of aliphatic hydroxyl groups excluding tert-OH is 1. The molecule has 0 spiro atoms. The van der Waals surface area contributed by atoms with E-state index in [9.17, 15) is 9.59 Å². The van der Waals surface area contributed by atoms with Crippen LogP contribution in [0.25, 0.3) is 6.08 Å². The summed E-state index contributed by atoms with van der Waals surface area (Å²) < 4.78 is 0. The fraction of sp³-hybridized carbons (Fsp3) is 0.333. The van der Waals surface area contributed by atoms with Crippen molar-refractivity contribution < 1.29 is 19.8 Å². The predicted octanol–water partition coefficient (Wildman–Crippen LogP) is 1.02. The summed E-state index contributed by atoms with van der Waals surface area (Å²) in [5.41, 5.74) is 0. The van der Waals surface area contributed by atoms with Crippen LogP contribution >= 0.6 is 11.3 Å². The zero-order valence-corrected chi connectivity index (χ0v) is 10.7. The molecule has 1 rings (SSSR count). The highest BCUT2D eigenvalue weighted by molar-refractivity contribution is 7.12. The van der Waals surface area contributed by atoms with E-state index in [1.807, 2.05) is 19.1 Å². The third-order valence-electron chi connectivity index (χ3n) is 2.19. The lowest BCUT2D eigenvalue weighted by atomic mass is 10.2. The maximum Gasteiger partial charge on any atom is 0.326 e. The first-order valence-corrected chi connectivity index (χ1v) is 6.23. The van der Waals surface area contributed by atoms with Crippen LogP contribution in [0.15, 0.2) is 18.2 Å². The predicted molar refractivity (Wildman–Crippen MR) is 69.4 cm³/mol. The first kappa shape index (κ1) is 14.4. The molecule has 1 aromatic heterocycles. The van der Waals surface area contributed by atoms with Crippen molar-refractivity contribution in [2.75, 3.05) is 6.61 Å². The smallest absolute Gasteiger partial charge is 0.326 e. The van der Waals surface area contributed by atoms with E-state index in [4.69, 9.17) is 10.2 Å². The van der Waals surface area contributed by atoms with Gasteiger partial charge in [0.2, 0.25) is 5.91 Å². The van der Waals surface area contributed by atoms with E-state index < -0.39 is 17.9 Å². The summed E-state index contributed by atoms with van der Waals surface area (Å²) in [4.78, 5) is 24.3. The van der Waals surface area contributed by atoms with E-state index in [-0.39, 0.29) is 13.0 Å². The van der Waals surface area contributed by atoms with Crippen LogP contribution in [0.2, 0.25) is 0 Å². The molecule has 0 radical (unpaired) electrons. The first-order chi connectivity index (χ1) is 8.52. The maximum atomic E-state index is 11.5. The van der Waals surface area contributed by atoms with Gasteiger partial charge >= 0.3 is 5.97 Å². The lowest BCUT2D eigenvalue weighted by molar-refractivity contribution is -0.141. The number of aliphatic hydroxyl groups is 1. The molecule has 0 saturated heterocycles. The lowest BCUT2D eigenvalue weighted by Crippen LogP contribution is -2.40. The number of carboxylic acid groups (broad SMARTS) is 1. The summed E-state index contributed by atoms with van der Waals surface area (Å²) in [6.07, 6.45) is 2.91. The number of nitrogens with one attached hydrogen (secondary N) is 1. The van der Waals surface area contributed by atoms with Gasteiger partial charge in [-0.15, -0.1) is 11.3 Å². The molecule has 1 heterocycles. The van der Waals surface area contributed by atoms with Crippen LogP contribution in [0.4, 0.5) is 0 Å². The summed E-state index contributed by atoms with van der Waals surface area (Å²) in [7, 11) is 0. The van der Waals surface area contributed by atoms with Crippen LogP contribution in [0.1, 0.15) is 16.2 Å². The quantitative estimate of drug-likeness (QED) is 0.673. The van der Waals surface area contributed by atoms with Crippen molar-refractivity contribution in [3.8, 4) is 0 Å². The number of hydrogen-bond acceptors (Lipinski definition) is 4. The maximum absolute atomic E-state index is 11.5. The van der Waals surface area contributed by atoms with Gasteiger partial charge < -0.3 is 15.5 Å². The monoisotopic (exact) mass is 269 g/mol. The zero-order chi connectivity index (χ0) is 13.5. The molecule has 0 aliphatic carbocycles. The number of hydrogen-bond donors (Lipinski definition) is 3. The number of carbonyl (C=O) groups is 2. The molecule has 18 heavy (non-hydrogen) atoms. The van der Waals surface area contributed by atoms with Crippen molar-refractivity contribution in [2.45, 2.75) is 19.4 Å². The molecule has 0 saturated carbocycles. The molecule has 0 bridgehead atoms. The molecule has 1 aromatic rings. The van der Waals surface area contributed by atoms with Crippen molar-refractivity contribution in [3.63, 3.8) is 0 Å². The summed E-state index contributed by atoms with van der Waals surface area (Å²) >= 11 is 1.54. The van der Waals surface area contributed by atoms with Crippen molar-refractivity contribution in [2.24, 2.45) is 0 Å². The van der Waals surface area contributed by atoms with E-state index in [0.717, 1.165) is 9.75 Å². The summed E-state index contributed by atoms with van der Waals surface area (Å²) in [5, 5.41) is 19.8. The van der Waals surface area contributed by atoms with E-state index in [2.05, 4.69) is 5.32 Å². The number of carbonyl (C=O) groups excluding carboxylic acids is 1. The number of thiophene rings is 1. The minimum Gasteiger partial charge on any atom is -0.480 e. The molecule has 5 nitrogen and oxygen atoms in total. The second-order valence-electron chi connectivity index (χ2n) is 3.69. The average Bonchev–Trinajstić information content (AvgIpc) is 2.72. The first-order valence-electron chi connectivity index (χ1n) is 5.41. The Balaban J connectivity index is 2.54. The Kier molecular flexibility index (Phi) is 5.54. The van der Waals surface area contributed by atoms with Crippen molar-refractivity contribution in [3.05, 3.63) is 28.0 Å². The molecule has 0 fully saturated rings. The van der Waals surface area contributed by atoms with E-state index in [1.54, 1.807) is 17.4 Å². The Morgan fingerprint density at radius 1 is 1.50 bits per heavy atom. The lowest BCUT2D eigenvalue weighted by Gasteiger charge is -2.10. The number of aliphatic carboxylic acids is 1. The topological polar surface area (TPSA) is 86.6 Å². The van der Waals surface area contributed by atoms with Crippen LogP contribution < -0.4 is 5.32 Å². The second-order valence-corrected chi connectivity index (χ2v) is 5.01. The van der Waals surface area contributed by atoms with Crippen LogP contribution in [-0.4, -0.2) is 34.7 Å². The largest absolute Gasteiger partial charge is 0.480 e. The van der Waals surface area contributed by atoms with Gasteiger partial charge in [-0.25, -0.2) is 4.79 Å². The summed E-state index contributed by atoms with van der Waals surface area (Å²) in [6, 6.07) is 2.76. The fourth-order valence-corrected chi connectivity index (χ4v) is 2.09. The molecule has 1 atom stereocenters. The Labute approximate surface area is 109 Å². The third-order valence-corrected chi connectivity index (χ3v) is 3.16. The van der Waals surface area contributed by atoms with E-state index in [0.29, 0.717) is 0 Å². The Morgan fingerprint density at radius 3 is 2.72 bits per heavy atom. The highest BCUT2D eigenvalue weighted by Gasteiger charge is 2.17. The number of rotatable bonds is 6. The highest BCUT2D eigenvalue weighted by Crippen LogP contribution is 2.16. The van der Waals surface area contributed by atoms with Gasteiger partial charge in [-0.1, -0.05) is 0 Å². The molecular weight excluding hydrogens is 254 g/mol. The van der Waals surface area contributed by atoms with Crippen LogP contribution in [0.5, 0.6) is 0 Å². The normalized spacial score (nSPS) is 12.6. The molecule has 98 valence electrons. The standard InChI is InChI=1S/C12H15NO4S/c1-8-2-3-9(18-8)4-5-11(15)13-10(6-7-14)12(16)17/h2-5,10,14H,6-7H2,1H3,(H,13,15)(H,16,17). The SMILES string of the molecule is Cc1ccc(C=CC(=O)NC(CCO)C(=O)O)s1.